The van der Waals surface area contributed by atoms with Crippen LogP contribution in [0, 0.1) is 11.8 Å². The van der Waals surface area contributed by atoms with E-state index in [9.17, 15) is 100 Å². The van der Waals surface area contributed by atoms with Crippen LogP contribution in [0.1, 0.15) is 175 Å². The molecule has 0 radical (unpaired) electrons. The fourth-order valence-corrected chi connectivity index (χ4v) is 12.9. The number of hydrogen-bond donors (Lipinski definition) is 19. The van der Waals surface area contributed by atoms with Gasteiger partial charge in [-0.05, 0) is 133 Å². The van der Waals surface area contributed by atoms with Crippen molar-refractivity contribution in [3.05, 3.63) is 97.2 Å². The molecule has 26 unspecified atom stereocenters. The van der Waals surface area contributed by atoms with Crippen LogP contribution in [-0.4, -0.2) is 264 Å². The zero-order chi connectivity index (χ0) is 73.9. The number of rotatable bonds is 51. The second-order valence-electron chi connectivity index (χ2n) is 27.4. The maximum absolute atomic E-state index is 12.6. The number of ketones is 1. The highest BCUT2D eigenvalue weighted by Crippen LogP contribution is 2.35. The zero-order valence-corrected chi connectivity index (χ0v) is 58.5. The maximum Gasteiger partial charge on any atom is 0.397 e. The van der Waals surface area contributed by atoms with E-state index >= 15 is 0 Å². The van der Waals surface area contributed by atoms with Gasteiger partial charge in [-0.1, -0.05) is 118 Å². The Balaban J connectivity index is 1.38. The van der Waals surface area contributed by atoms with Gasteiger partial charge in [-0.25, -0.2) is 14.0 Å². The highest BCUT2D eigenvalue weighted by atomic mass is 32.3. The molecule has 0 bridgehead atoms. The van der Waals surface area contributed by atoms with Crippen molar-refractivity contribution in [2.75, 3.05) is 6.61 Å². The van der Waals surface area contributed by atoms with Gasteiger partial charge >= 0.3 is 10.4 Å². The minimum atomic E-state index is -4.75. The Labute approximate surface area is 584 Å². The Morgan fingerprint density at radius 3 is 1.82 bits per heavy atom. The molecule has 99 heavy (non-hydrogen) atoms. The number of aliphatic hydroxyl groups is 18. The van der Waals surface area contributed by atoms with Gasteiger partial charge in [0, 0.05) is 32.1 Å². The SMILES string of the molecule is C=C/C=C/CC/C=C/C=C/C=C/CC/C=C/C1OOC2C(O)CC(C(O)C(O)C(=C)CCC(O)C3CC(O)C(O)C(C(O)C(O)/C=C(\C)CCC(O)CC(O)C(O)C(C)CC(O)C(O)CC(C)CCC(O)CC(=O)CC(O)CCCC(CCCCC(O)CO)OS(=O)(=O)O)O3)OC2C1O. The molecule has 3 saturated heterocycles. The summed E-state index contributed by atoms with van der Waals surface area (Å²) in [5.41, 5.74) is 0.519. The lowest BCUT2D eigenvalue weighted by molar-refractivity contribution is -0.431. The average Bonchev–Trinajstić information content (AvgIpc) is 0.790. The molecule has 3 aliphatic rings. The quantitative estimate of drug-likeness (QED) is 0.0136. The molecule has 19 N–H and O–H groups in total. The standard InChI is InChI=1S/C71H120O27S/c1-6-7-8-9-10-11-12-13-14-15-16-17-18-19-27-60-68(90)71-69(97-96-60)59(84)41-62(95-71)67(89)64(86)45(4)30-33-53(78)61-40-58(83)66(88)70(94-61)65(87)56(81)35-44(3)29-32-49(75)39-57(82)63(85)46(5)36-55(80)54(79)34-43(2)28-31-48(74)38-51(77)37-47(73)24-22-26-52(98-99(91,92)93)25-21-20-23-50(76)42-72/h6-8,11-16,19,27,35,43,46-50,52-76,78-90H,1,4,9-10,17-18,20-26,28-34,36-42H2,2-3,5H3,(H,91,92,93)/b8-7+,12-11+,14-13+,16-15+,27-19+,44-35+. The molecule has 28 heteroatoms. The molecule has 3 fully saturated rings. The third kappa shape index (κ3) is 34.8. The van der Waals surface area contributed by atoms with Gasteiger partial charge in [0.2, 0.25) is 0 Å². The fraction of sp³-hybridized carbons (Fsp3) is 0.761. The smallest absolute Gasteiger partial charge is 0.394 e. The lowest BCUT2D eigenvalue weighted by Crippen LogP contribution is -2.63. The maximum atomic E-state index is 12.6. The Morgan fingerprint density at radius 2 is 1.18 bits per heavy atom. The van der Waals surface area contributed by atoms with E-state index in [1.54, 1.807) is 32.9 Å². The van der Waals surface area contributed by atoms with Crippen molar-refractivity contribution < 1.29 is 133 Å². The summed E-state index contributed by atoms with van der Waals surface area (Å²) >= 11 is 0. The van der Waals surface area contributed by atoms with Crippen molar-refractivity contribution in [2.45, 2.75) is 321 Å². The summed E-state index contributed by atoms with van der Waals surface area (Å²) in [6.45, 7) is 12.0. The highest BCUT2D eigenvalue weighted by Gasteiger charge is 2.51. The third-order valence-corrected chi connectivity index (χ3v) is 19.0. The van der Waals surface area contributed by atoms with E-state index < -0.39 is 175 Å². The summed E-state index contributed by atoms with van der Waals surface area (Å²) in [6, 6.07) is 0. The van der Waals surface area contributed by atoms with Gasteiger partial charge in [0.05, 0.1) is 92.1 Å². The normalized spacial score (nSPS) is 27.8. The summed E-state index contributed by atoms with van der Waals surface area (Å²) in [7, 11) is -4.75. The van der Waals surface area contributed by atoms with E-state index in [0.29, 0.717) is 44.1 Å². The summed E-state index contributed by atoms with van der Waals surface area (Å²) in [5, 5.41) is 194. The van der Waals surface area contributed by atoms with Crippen LogP contribution in [0.15, 0.2) is 97.2 Å². The average molecular weight is 1440 g/mol. The Morgan fingerprint density at radius 1 is 0.596 bits per heavy atom. The first kappa shape index (κ1) is 89.8. The number of carbonyl (C=O) groups excluding carboxylic acids is 1. The number of ether oxygens (including phenoxy) is 2. The Kier molecular flexibility index (Phi) is 43.4. The van der Waals surface area contributed by atoms with Crippen LogP contribution in [0.25, 0.3) is 0 Å². The van der Waals surface area contributed by atoms with Gasteiger partial charge in [-0.2, -0.15) is 8.42 Å². The molecule has 0 aromatic carbocycles. The number of hydrogen-bond acceptors (Lipinski definition) is 26. The molecule has 0 spiro atoms. The predicted octanol–water partition coefficient (Wildman–Crippen LogP) is 2.21. The molecule has 572 valence electrons. The molecule has 3 aliphatic heterocycles. The minimum Gasteiger partial charge on any atom is -0.394 e. The van der Waals surface area contributed by atoms with Crippen LogP contribution >= 0.6 is 0 Å². The molecule has 0 aromatic heterocycles. The first-order valence-corrected chi connectivity index (χ1v) is 36.4. The lowest BCUT2D eigenvalue weighted by atomic mass is 9.86. The van der Waals surface area contributed by atoms with E-state index in [2.05, 4.69) is 19.2 Å². The van der Waals surface area contributed by atoms with Gasteiger partial charge < -0.3 is 101 Å². The highest BCUT2D eigenvalue weighted by molar-refractivity contribution is 7.80. The van der Waals surface area contributed by atoms with Crippen molar-refractivity contribution in [3.8, 4) is 0 Å². The number of fused-ring (bicyclic) bond motifs is 1. The molecule has 27 nitrogen and oxygen atoms in total. The number of Topliss-reactive ketones (excluding diaryl/α,β-unsaturated/α-hetero) is 1. The summed E-state index contributed by atoms with van der Waals surface area (Å²) < 4.78 is 48.4. The van der Waals surface area contributed by atoms with E-state index in [1.165, 1.54) is 6.08 Å². The van der Waals surface area contributed by atoms with Crippen LogP contribution in [0.5, 0.6) is 0 Å². The molecule has 0 saturated carbocycles. The van der Waals surface area contributed by atoms with Crippen molar-refractivity contribution in [2.24, 2.45) is 11.8 Å². The number of unbranched alkanes of at least 4 members (excludes halogenated alkanes) is 3. The zero-order valence-electron chi connectivity index (χ0n) is 57.7. The molecular weight excluding hydrogens is 1320 g/mol. The van der Waals surface area contributed by atoms with E-state index in [0.717, 1.165) is 12.8 Å². The van der Waals surface area contributed by atoms with Gasteiger partial charge in [0.1, 0.15) is 66.8 Å². The van der Waals surface area contributed by atoms with E-state index in [-0.39, 0.29) is 114 Å². The first-order chi connectivity index (χ1) is 46.8. The van der Waals surface area contributed by atoms with Gasteiger partial charge in [0.25, 0.3) is 0 Å². The van der Waals surface area contributed by atoms with E-state index in [1.807, 2.05) is 48.6 Å². The second kappa shape index (κ2) is 47.8. The van der Waals surface area contributed by atoms with Crippen LogP contribution in [0.2, 0.25) is 0 Å². The van der Waals surface area contributed by atoms with Crippen molar-refractivity contribution >= 4 is 16.2 Å². The molecular formula is C71H120O27S. The first-order valence-electron chi connectivity index (χ1n) is 35.0. The number of carbonyl (C=O) groups is 1. The molecule has 0 aliphatic carbocycles. The predicted molar refractivity (Wildman–Crippen MR) is 366 cm³/mol. The van der Waals surface area contributed by atoms with Crippen LogP contribution in [0.4, 0.5) is 0 Å². The fourth-order valence-electron chi connectivity index (χ4n) is 12.4. The topological polar surface area (TPSA) is 482 Å². The van der Waals surface area contributed by atoms with Gasteiger partial charge in [0.15, 0.2) is 0 Å². The minimum absolute atomic E-state index is 0.0271. The molecule has 0 aromatic rings. The summed E-state index contributed by atoms with van der Waals surface area (Å²) in [5.74, 6) is -1.40. The molecule has 0 amide bonds. The van der Waals surface area contributed by atoms with Gasteiger partial charge in [-0.3, -0.25) is 9.35 Å². The van der Waals surface area contributed by atoms with Crippen molar-refractivity contribution in [3.63, 3.8) is 0 Å². The van der Waals surface area contributed by atoms with Crippen molar-refractivity contribution in [1.29, 1.82) is 0 Å². The van der Waals surface area contributed by atoms with Crippen LogP contribution in [0.3, 0.4) is 0 Å². The Hall–Kier alpha value is -3.42. The molecule has 3 heterocycles. The third-order valence-electron chi connectivity index (χ3n) is 18.5. The lowest BCUT2D eigenvalue weighted by Gasteiger charge is -2.46. The van der Waals surface area contributed by atoms with Crippen molar-refractivity contribution in [1.82, 2.24) is 0 Å². The monoisotopic (exact) mass is 1440 g/mol. The number of allylic oxidation sites excluding steroid dienone is 11. The second-order valence-corrected chi connectivity index (χ2v) is 28.4. The molecule has 3 rings (SSSR count). The van der Waals surface area contributed by atoms with E-state index in [4.69, 9.17) is 33.1 Å². The number of aliphatic hydroxyl groups excluding tert-OH is 18. The Bertz CT molecular complexity index is 2570. The van der Waals surface area contributed by atoms with Crippen LogP contribution in [-0.2, 0) is 38.6 Å². The molecule has 26 atom stereocenters. The largest absolute Gasteiger partial charge is 0.397 e. The van der Waals surface area contributed by atoms with Crippen LogP contribution < -0.4 is 0 Å². The summed E-state index contributed by atoms with van der Waals surface area (Å²) in [6.07, 6.45) is -5.27. The summed E-state index contributed by atoms with van der Waals surface area (Å²) in [4.78, 5) is 23.4. The van der Waals surface area contributed by atoms with Gasteiger partial charge in [-0.15, -0.1) is 0 Å².